The van der Waals surface area contributed by atoms with E-state index in [-0.39, 0.29) is 5.60 Å². The van der Waals surface area contributed by atoms with Gasteiger partial charge >= 0.3 is 0 Å². The van der Waals surface area contributed by atoms with E-state index in [9.17, 15) is 0 Å². The molecule has 21 heavy (non-hydrogen) atoms. The number of rotatable bonds is 7. The zero-order valence-electron chi connectivity index (χ0n) is 14.5. The molecule has 1 heterocycles. The number of methoxy groups -OCH3 is 1. The van der Waals surface area contributed by atoms with Crippen LogP contribution in [0.3, 0.4) is 0 Å². The highest BCUT2D eigenvalue weighted by atomic mass is 16.5. The van der Waals surface area contributed by atoms with E-state index < -0.39 is 0 Å². The lowest BCUT2D eigenvalue weighted by Crippen LogP contribution is -2.53. The number of ether oxygens (including phenoxy) is 1. The Labute approximate surface area is 131 Å². The maximum Gasteiger partial charge on any atom is 0.0777 e. The van der Waals surface area contributed by atoms with Gasteiger partial charge in [-0.25, -0.2) is 0 Å². The summed E-state index contributed by atoms with van der Waals surface area (Å²) in [7, 11) is 1.87. The Morgan fingerprint density at radius 2 is 2.00 bits per heavy atom. The van der Waals surface area contributed by atoms with Gasteiger partial charge < -0.3 is 10.1 Å². The van der Waals surface area contributed by atoms with E-state index in [0.29, 0.717) is 6.04 Å². The van der Waals surface area contributed by atoms with Crippen molar-refractivity contribution in [3.63, 3.8) is 0 Å². The predicted octanol–water partition coefficient (Wildman–Crippen LogP) is 3.44. The Morgan fingerprint density at radius 1 is 1.24 bits per heavy atom. The van der Waals surface area contributed by atoms with Crippen LogP contribution in [0.15, 0.2) is 0 Å². The second-order valence-corrected chi connectivity index (χ2v) is 7.45. The molecule has 2 atom stereocenters. The van der Waals surface area contributed by atoms with Gasteiger partial charge in [-0.05, 0) is 58.0 Å². The van der Waals surface area contributed by atoms with Crippen molar-refractivity contribution in [2.24, 2.45) is 5.92 Å². The van der Waals surface area contributed by atoms with E-state index in [4.69, 9.17) is 4.74 Å². The van der Waals surface area contributed by atoms with Crippen molar-refractivity contribution in [3.05, 3.63) is 0 Å². The normalized spacial score (nSPS) is 30.4. The lowest BCUT2D eigenvalue weighted by Gasteiger charge is -2.42. The first-order valence-electron chi connectivity index (χ1n) is 9.18. The summed E-state index contributed by atoms with van der Waals surface area (Å²) < 4.78 is 5.75. The van der Waals surface area contributed by atoms with Crippen molar-refractivity contribution in [1.29, 1.82) is 0 Å². The van der Waals surface area contributed by atoms with Gasteiger partial charge in [0.05, 0.1) is 5.60 Å². The van der Waals surface area contributed by atoms with Crippen LogP contribution in [0.4, 0.5) is 0 Å². The van der Waals surface area contributed by atoms with Crippen LogP contribution >= 0.6 is 0 Å². The fourth-order valence-corrected chi connectivity index (χ4v) is 4.15. The van der Waals surface area contributed by atoms with Crippen LogP contribution in [0.25, 0.3) is 0 Å². The summed E-state index contributed by atoms with van der Waals surface area (Å²) in [6, 6.07) is 0.685. The molecule has 2 rings (SSSR count). The van der Waals surface area contributed by atoms with E-state index in [2.05, 4.69) is 24.1 Å². The van der Waals surface area contributed by atoms with Crippen molar-refractivity contribution >= 4 is 0 Å². The molecular formula is C18H36N2O. The first-order chi connectivity index (χ1) is 10.2. The molecule has 3 nitrogen and oxygen atoms in total. The molecule has 3 heteroatoms. The monoisotopic (exact) mass is 296 g/mol. The summed E-state index contributed by atoms with van der Waals surface area (Å²) in [5, 5.41) is 3.85. The van der Waals surface area contributed by atoms with E-state index in [0.717, 1.165) is 19.0 Å². The Balaban J connectivity index is 1.90. The van der Waals surface area contributed by atoms with Gasteiger partial charge in [0.25, 0.3) is 0 Å². The summed E-state index contributed by atoms with van der Waals surface area (Å²) in [6.07, 6.45) is 10.9. The van der Waals surface area contributed by atoms with Gasteiger partial charge in [0.2, 0.25) is 0 Å². The summed E-state index contributed by atoms with van der Waals surface area (Å²) >= 11 is 0. The van der Waals surface area contributed by atoms with Crippen LogP contribution in [0, 0.1) is 5.92 Å². The summed E-state index contributed by atoms with van der Waals surface area (Å²) in [4.78, 5) is 2.65. The van der Waals surface area contributed by atoms with Gasteiger partial charge in [0, 0.05) is 26.2 Å². The highest BCUT2D eigenvalue weighted by Gasteiger charge is 2.33. The first kappa shape index (κ1) is 17.2. The van der Waals surface area contributed by atoms with Gasteiger partial charge in [-0.2, -0.15) is 0 Å². The minimum Gasteiger partial charge on any atom is -0.377 e. The number of nitrogens with zero attached hydrogens (tertiary/aromatic N) is 1. The number of nitrogens with one attached hydrogen (secondary N) is 1. The van der Waals surface area contributed by atoms with Gasteiger partial charge in [-0.15, -0.1) is 0 Å². The van der Waals surface area contributed by atoms with E-state index >= 15 is 0 Å². The Morgan fingerprint density at radius 3 is 2.67 bits per heavy atom. The molecule has 1 aliphatic heterocycles. The first-order valence-corrected chi connectivity index (χ1v) is 9.18. The van der Waals surface area contributed by atoms with Crippen LogP contribution < -0.4 is 5.32 Å². The molecule has 2 unspecified atom stereocenters. The van der Waals surface area contributed by atoms with Crippen molar-refractivity contribution in [3.8, 4) is 0 Å². The Bertz CT molecular complexity index is 291. The molecule has 0 radical (unpaired) electrons. The predicted molar refractivity (Wildman–Crippen MR) is 89.7 cm³/mol. The van der Waals surface area contributed by atoms with Crippen LogP contribution in [-0.2, 0) is 4.74 Å². The van der Waals surface area contributed by atoms with Crippen LogP contribution in [0.2, 0.25) is 0 Å². The molecular weight excluding hydrogens is 260 g/mol. The number of hydrogen-bond donors (Lipinski definition) is 1. The molecule has 0 aromatic heterocycles. The molecule has 0 bridgehead atoms. The minimum atomic E-state index is 0.0696. The molecule has 1 saturated heterocycles. The number of likely N-dealkylation sites (tertiary alicyclic amines) is 1. The second-order valence-electron chi connectivity index (χ2n) is 7.45. The number of piperidine rings is 1. The zero-order valence-corrected chi connectivity index (χ0v) is 14.5. The number of hydrogen-bond acceptors (Lipinski definition) is 3. The lowest BCUT2D eigenvalue weighted by atomic mass is 9.83. The quantitative estimate of drug-likeness (QED) is 0.779. The minimum absolute atomic E-state index is 0.0696. The topological polar surface area (TPSA) is 24.5 Å². The molecule has 0 aromatic carbocycles. The van der Waals surface area contributed by atoms with Crippen LogP contribution in [-0.4, -0.2) is 49.8 Å². The largest absolute Gasteiger partial charge is 0.377 e. The molecule has 2 fully saturated rings. The Kier molecular flexibility index (Phi) is 6.97. The van der Waals surface area contributed by atoms with Gasteiger partial charge in [-0.3, -0.25) is 4.90 Å². The smallest absolute Gasteiger partial charge is 0.0777 e. The highest BCUT2D eigenvalue weighted by molar-refractivity contribution is 4.89. The standard InChI is InChI=1S/C18H36N2O/c1-4-12-19-17(16-9-6-5-7-10-16)14-20-13-8-11-18(2,15-20)21-3/h16-17,19H,4-15H2,1-3H3. The molecule has 1 saturated carbocycles. The summed E-state index contributed by atoms with van der Waals surface area (Å²) in [5.41, 5.74) is 0.0696. The maximum absolute atomic E-state index is 5.75. The molecule has 1 aliphatic carbocycles. The van der Waals surface area contributed by atoms with E-state index in [1.165, 1.54) is 64.5 Å². The lowest BCUT2D eigenvalue weighted by molar-refractivity contribution is -0.0539. The van der Waals surface area contributed by atoms with E-state index in [1.54, 1.807) is 0 Å². The fourth-order valence-electron chi connectivity index (χ4n) is 4.15. The van der Waals surface area contributed by atoms with Crippen molar-refractivity contribution in [2.75, 3.05) is 33.3 Å². The van der Waals surface area contributed by atoms with Gasteiger partial charge in [0.1, 0.15) is 0 Å². The molecule has 124 valence electrons. The van der Waals surface area contributed by atoms with Gasteiger partial charge in [-0.1, -0.05) is 26.2 Å². The average molecular weight is 296 g/mol. The molecule has 2 aliphatic rings. The average Bonchev–Trinajstić information content (AvgIpc) is 2.52. The fraction of sp³-hybridized carbons (Fsp3) is 1.00. The molecule has 0 amide bonds. The Hall–Kier alpha value is -0.120. The SMILES string of the molecule is CCCNC(CN1CCCC(C)(OC)C1)C1CCCCC1. The summed E-state index contributed by atoms with van der Waals surface area (Å²) in [5.74, 6) is 0.890. The second kappa shape index (κ2) is 8.50. The third kappa shape index (κ3) is 5.22. The third-order valence-corrected chi connectivity index (χ3v) is 5.56. The zero-order chi connectivity index (χ0) is 15.1. The highest BCUT2D eigenvalue weighted by Crippen LogP contribution is 2.29. The third-order valence-electron chi connectivity index (χ3n) is 5.56. The molecule has 1 N–H and O–H groups in total. The van der Waals surface area contributed by atoms with Crippen molar-refractivity contribution in [2.45, 2.75) is 76.9 Å². The van der Waals surface area contributed by atoms with Crippen molar-refractivity contribution < 1.29 is 4.74 Å². The summed E-state index contributed by atoms with van der Waals surface area (Å²) in [6.45, 7) is 9.26. The maximum atomic E-state index is 5.75. The van der Waals surface area contributed by atoms with E-state index in [1.807, 2.05) is 7.11 Å². The van der Waals surface area contributed by atoms with Crippen LogP contribution in [0.5, 0.6) is 0 Å². The molecule has 0 aromatic rings. The van der Waals surface area contributed by atoms with Crippen molar-refractivity contribution in [1.82, 2.24) is 10.2 Å². The van der Waals surface area contributed by atoms with Crippen LogP contribution in [0.1, 0.15) is 65.2 Å². The molecule has 0 spiro atoms. The van der Waals surface area contributed by atoms with Gasteiger partial charge in [0.15, 0.2) is 0 Å².